The maximum absolute atomic E-state index is 13.3. The molecule has 0 saturated carbocycles. The van der Waals surface area contributed by atoms with E-state index in [4.69, 9.17) is 0 Å². The lowest BCUT2D eigenvalue weighted by Crippen LogP contribution is -2.28. The van der Waals surface area contributed by atoms with E-state index in [9.17, 15) is 8.42 Å². The standard InChI is InChI=1S/C19H22N4O2S/c1-11(2)14-10-15-12(3)21-19-17(18(20-4)22-23(19)16(14)15)26(24,25)13-8-6-5-7-9-13/h5-9,11,14H,10H2,1-4H3,(H,20,22). The fourth-order valence-electron chi connectivity index (χ4n) is 3.70. The molecule has 1 aliphatic rings. The van der Waals surface area contributed by atoms with Crippen molar-refractivity contribution in [1.29, 1.82) is 0 Å². The lowest BCUT2D eigenvalue weighted by molar-refractivity contribution is 0.421. The van der Waals surface area contributed by atoms with E-state index in [1.54, 1.807) is 41.9 Å². The highest BCUT2D eigenvalue weighted by molar-refractivity contribution is 7.91. The monoisotopic (exact) mass is 370 g/mol. The zero-order valence-corrected chi connectivity index (χ0v) is 16.1. The Kier molecular flexibility index (Phi) is 3.80. The Balaban J connectivity index is 2.04. The van der Waals surface area contributed by atoms with Crippen molar-refractivity contribution in [2.24, 2.45) is 5.92 Å². The molecule has 136 valence electrons. The Hall–Kier alpha value is -2.41. The molecule has 1 N–H and O–H groups in total. The molecule has 0 spiro atoms. The molecular formula is C19H22N4O2S. The number of aromatic nitrogens is 3. The summed E-state index contributed by atoms with van der Waals surface area (Å²) in [5, 5.41) is 7.52. The maximum atomic E-state index is 13.3. The van der Waals surface area contributed by atoms with Crippen LogP contribution in [0.2, 0.25) is 0 Å². The summed E-state index contributed by atoms with van der Waals surface area (Å²) < 4.78 is 28.3. The molecule has 1 aliphatic carbocycles. The number of hydrogen-bond donors (Lipinski definition) is 1. The third-order valence-electron chi connectivity index (χ3n) is 5.21. The molecule has 0 fully saturated rings. The van der Waals surface area contributed by atoms with Crippen molar-refractivity contribution in [1.82, 2.24) is 14.6 Å². The molecule has 6 nitrogen and oxygen atoms in total. The summed E-state index contributed by atoms with van der Waals surface area (Å²) in [6, 6.07) is 8.44. The van der Waals surface area contributed by atoms with Gasteiger partial charge < -0.3 is 5.32 Å². The Labute approximate surface area is 153 Å². The first-order chi connectivity index (χ1) is 12.4. The minimum Gasteiger partial charge on any atom is -0.370 e. The van der Waals surface area contributed by atoms with Gasteiger partial charge in [-0.25, -0.2) is 17.9 Å². The second kappa shape index (κ2) is 5.81. The predicted octanol–water partition coefficient (Wildman–Crippen LogP) is 3.21. The number of anilines is 1. The summed E-state index contributed by atoms with van der Waals surface area (Å²) in [6.45, 7) is 6.30. The Morgan fingerprint density at radius 2 is 1.92 bits per heavy atom. The first kappa shape index (κ1) is 17.0. The number of rotatable bonds is 4. The Morgan fingerprint density at radius 3 is 2.54 bits per heavy atom. The molecular weight excluding hydrogens is 348 g/mol. The van der Waals surface area contributed by atoms with Crippen LogP contribution in [-0.2, 0) is 16.3 Å². The van der Waals surface area contributed by atoms with Gasteiger partial charge in [-0.15, -0.1) is 5.10 Å². The lowest BCUT2D eigenvalue weighted by Gasteiger charge is -2.34. The van der Waals surface area contributed by atoms with Crippen molar-refractivity contribution in [3.05, 3.63) is 47.3 Å². The highest BCUT2D eigenvalue weighted by atomic mass is 32.2. The quantitative estimate of drug-likeness (QED) is 0.763. The highest BCUT2D eigenvalue weighted by Gasteiger charge is 2.37. The molecule has 7 heteroatoms. The van der Waals surface area contributed by atoms with Crippen LogP contribution in [0.5, 0.6) is 0 Å². The predicted molar refractivity (Wildman–Crippen MR) is 100 cm³/mol. The molecule has 1 unspecified atom stereocenters. The molecule has 1 aromatic carbocycles. The van der Waals surface area contributed by atoms with Gasteiger partial charge in [-0.1, -0.05) is 32.0 Å². The molecule has 26 heavy (non-hydrogen) atoms. The van der Waals surface area contributed by atoms with Crippen molar-refractivity contribution in [2.75, 3.05) is 12.4 Å². The zero-order valence-electron chi connectivity index (χ0n) is 15.3. The van der Waals surface area contributed by atoms with Gasteiger partial charge in [0.25, 0.3) is 0 Å². The summed E-state index contributed by atoms with van der Waals surface area (Å²) in [5.41, 5.74) is 3.56. The molecule has 3 aromatic rings. The van der Waals surface area contributed by atoms with Crippen molar-refractivity contribution >= 4 is 21.3 Å². The lowest BCUT2D eigenvalue weighted by atomic mass is 9.74. The molecule has 2 heterocycles. The Morgan fingerprint density at radius 1 is 1.23 bits per heavy atom. The number of sulfone groups is 1. The van der Waals surface area contributed by atoms with E-state index < -0.39 is 9.84 Å². The summed E-state index contributed by atoms with van der Waals surface area (Å²) in [4.78, 5) is 5.01. The van der Waals surface area contributed by atoms with Crippen LogP contribution < -0.4 is 5.32 Å². The van der Waals surface area contributed by atoms with Crippen LogP contribution in [0.1, 0.15) is 36.7 Å². The van der Waals surface area contributed by atoms with Gasteiger partial charge in [-0.2, -0.15) is 0 Å². The van der Waals surface area contributed by atoms with Gasteiger partial charge in [-0.3, -0.25) is 0 Å². The smallest absolute Gasteiger partial charge is 0.214 e. The van der Waals surface area contributed by atoms with Crippen LogP contribution in [0.4, 0.5) is 5.82 Å². The summed E-state index contributed by atoms with van der Waals surface area (Å²) in [5.74, 6) is 1.17. The molecule has 2 aromatic heterocycles. The maximum Gasteiger partial charge on any atom is 0.214 e. The van der Waals surface area contributed by atoms with Crippen molar-refractivity contribution < 1.29 is 8.42 Å². The molecule has 0 saturated heterocycles. The Bertz CT molecular complexity index is 1100. The van der Waals surface area contributed by atoms with Crippen LogP contribution in [0.3, 0.4) is 0 Å². The number of aryl methyl sites for hydroxylation is 1. The molecule has 0 aliphatic heterocycles. The van der Waals surface area contributed by atoms with Gasteiger partial charge in [0.15, 0.2) is 16.4 Å². The van der Waals surface area contributed by atoms with Crippen LogP contribution in [0, 0.1) is 12.8 Å². The first-order valence-corrected chi connectivity index (χ1v) is 10.2. The molecule has 0 amide bonds. The van der Waals surface area contributed by atoms with E-state index in [1.807, 2.05) is 6.92 Å². The van der Waals surface area contributed by atoms with Crippen LogP contribution >= 0.6 is 0 Å². The minimum absolute atomic E-state index is 0.145. The fourth-order valence-corrected chi connectivity index (χ4v) is 5.22. The molecule has 1 atom stereocenters. The van der Waals surface area contributed by atoms with Crippen LogP contribution in [-0.4, -0.2) is 30.1 Å². The van der Waals surface area contributed by atoms with Gasteiger partial charge in [0, 0.05) is 18.7 Å². The average molecular weight is 370 g/mol. The first-order valence-electron chi connectivity index (χ1n) is 8.76. The van der Waals surface area contributed by atoms with E-state index in [0.717, 1.165) is 17.8 Å². The molecule has 4 rings (SSSR count). The number of fused-ring (bicyclic) bond motifs is 3. The van der Waals surface area contributed by atoms with Crippen molar-refractivity contribution in [3.63, 3.8) is 0 Å². The third kappa shape index (κ3) is 2.26. The highest BCUT2D eigenvalue weighted by Crippen LogP contribution is 2.43. The van der Waals surface area contributed by atoms with Gasteiger partial charge in [-0.05, 0) is 37.0 Å². The van der Waals surface area contributed by atoms with Gasteiger partial charge >= 0.3 is 0 Å². The number of nitrogens with zero attached hydrogens (tertiary/aromatic N) is 3. The summed E-state index contributed by atoms with van der Waals surface area (Å²) in [6.07, 6.45) is 0.970. The van der Waals surface area contributed by atoms with Gasteiger partial charge in [0.05, 0.1) is 10.6 Å². The van der Waals surface area contributed by atoms with Crippen LogP contribution in [0.15, 0.2) is 40.1 Å². The van der Waals surface area contributed by atoms with E-state index in [-0.39, 0.29) is 9.79 Å². The topological polar surface area (TPSA) is 76.4 Å². The minimum atomic E-state index is -3.73. The number of nitrogens with one attached hydrogen (secondary N) is 1. The zero-order chi connectivity index (χ0) is 18.6. The van der Waals surface area contributed by atoms with Gasteiger partial charge in [0.2, 0.25) is 9.84 Å². The average Bonchev–Trinajstić information content (AvgIpc) is 2.93. The summed E-state index contributed by atoms with van der Waals surface area (Å²) in [7, 11) is -2.05. The van der Waals surface area contributed by atoms with Crippen molar-refractivity contribution in [3.8, 4) is 0 Å². The normalized spacial score (nSPS) is 16.6. The second-order valence-corrected chi connectivity index (χ2v) is 8.98. The third-order valence-corrected chi connectivity index (χ3v) is 7.01. The second-order valence-electron chi connectivity index (χ2n) is 7.10. The molecule has 0 bridgehead atoms. The van der Waals surface area contributed by atoms with E-state index in [2.05, 4.69) is 29.2 Å². The SMILES string of the molecule is CNc1nn2c3c(c(C)nc2c1S(=O)(=O)c1ccccc1)CC3C(C)C. The van der Waals surface area contributed by atoms with Crippen LogP contribution in [0.25, 0.3) is 5.65 Å². The van der Waals surface area contributed by atoms with E-state index >= 15 is 0 Å². The largest absolute Gasteiger partial charge is 0.370 e. The van der Waals surface area contributed by atoms with Crippen molar-refractivity contribution in [2.45, 2.75) is 42.9 Å². The number of hydrogen-bond acceptors (Lipinski definition) is 5. The van der Waals surface area contributed by atoms with Gasteiger partial charge in [0.1, 0.15) is 0 Å². The molecule has 0 radical (unpaired) electrons. The summed E-state index contributed by atoms with van der Waals surface area (Å²) >= 11 is 0. The van der Waals surface area contributed by atoms with E-state index in [0.29, 0.717) is 23.3 Å². The van der Waals surface area contributed by atoms with E-state index in [1.165, 1.54) is 5.56 Å². The fraction of sp³-hybridized carbons (Fsp3) is 0.368. The number of benzene rings is 1.